The molecule has 0 fully saturated rings. The van der Waals surface area contributed by atoms with Crippen molar-refractivity contribution in [1.82, 2.24) is 19.9 Å². The predicted octanol–water partition coefficient (Wildman–Crippen LogP) is 10.0. The van der Waals surface area contributed by atoms with Crippen molar-refractivity contribution in [2.45, 2.75) is 0 Å². The van der Waals surface area contributed by atoms with Crippen LogP contribution in [0.5, 0.6) is 0 Å². The zero-order valence-electron chi connectivity index (χ0n) is 23.6. The topological polar surface area (TPSA) is 51.6 Å². The van der Waals surface area contributed by atoms with Crippen molar-refractivity contribution in [1.29, 1.82) is 0 Å². The molecule has 0 aliphatic rings. The molecule has 0 saturated heterocycles. The smallest absolute Gasteiger partial charge is 0.0972 e. The van der Waals surface area contributed by atoms with Crippen molar-refractivity contribution >= 4 is 54.4 Å². The summed E-state index contributed by atoms with van der Waals surface area (Å²) in [5.41, 5.74) is 9.85. The van der Waals surface area contributed by atoms with Gasteiger partial charge in [0.1, 0.15) is 0 Å². The number of nitrogens with zero attached hydrogens (tertiary/aromatic N) is 4. The highest BCUT2D eigenvalue weighted by molar-refractivity contribution is 6.03. The number of hydrogen-bond acceptors (Lipinski definition) is 4. The molecule has 0 N–H and O–H groups in total. The second-order valence-corrected chi connectivity index (χ2v) is 11.1. The summed E-state index contributed by atoms with van der Waals surface area (Å²) < 4.78 is 0. The van der Waals surface area contributed by atoms with E-state index in [9.17, 15) is 0 Å². The summed E-state index contributed by atoms with van der Waals surface area (Å²) in [5.74, 6) is 0. The fraction of sp³-hybridized carbons (Fsp3) is 0. The third kappa shape index (κ3) is 4.08. The molecule has 4 nitrogen and oxygen atoms in total. The highest BCUT2D eigenvalue weighted by Crippen LogP contribution is 2.32. The van der Waals surface area contributed by atoms with E-state index >= 15 is 0 Å². The van der Waals surface area contributed by atoms with E-state index in [1.807, 2.05) is 18.3 Å². The van der Waals surface area contributed by atoms with Gasteiger partial charge in [-0.05, 0) is 70.4 Å². The van der Waals surface area contributed by atoms with E-state index < -0.39 is 0 Å². The Labute approximate surface area is 253 Å². The summed E-state index contributed by atoms with van der Waals surface area (Å²) in [6.45, 7) is 0. The van der Waals surface area contributed by atoms with Crippen LogP contribution < -0.4 is 0 Å². The Kier molecular flexibility index (Phi) is 5.47. The van der Waals surface area contributed by atoms with Gasteiger partial charge in [0.2, 0.25) is 0 Å². The third-order valence-corrected chi connectivity index (χ3v) is 8.47. The first-order chi connectivity index (χ1) is 21.8. The zero-order chi connectivity index (χ0) is 29.0. The second kappa shape index (κ2) is 9.79. The summed E-state index contributed by atoms with van der Waals surface area (Å²) >= 11 is 0. The minimum absolute atomic E-state index is 0.839. The summed E-state index contributed by atoms with van der Waals surface area (Å²) in [5, 5.41) is 6.79. The van der Waals surface area contributed by atoms with E-state index in [1.54, 1.807) is 0 Å². The van der Waals surface area contributed by atoms with Crippen LogP contribution in [0.15, 0.2) is 146 Å². The first-order valence-corrected chi connectivity index (χ1v) is 14.7. The Morgan fingerprint density at radius 1 is 0.364 bits per heavy atom. The van der Waals surface area contributed by atoms with Gasteiger partial charge in [-0.2, -0.15) is 0 Å². The third-order valence-electron chi connectivity index (χ3n) is 8.47. The van der Waals surface area contributed by atoms with Crippen LogP contribution >= 0.6 is 0 Å². The maximum Gasteiger partial charge on any atom is 0.0972 e. The molecule has 0 spiro atoms. The van der Waals surface area contributed by atoms with Gasteiger partial charge in [0, 0.05) is 33.3 Å². The Balaban J connectivity index is 1.06. The van der Waals surface area contributed by atoms with Crippen LogP contribution in [0, 0.1) is 0 Å². The van der Waals surface area contributed by atoms with Gasteiger partial charge in [-0.1, -0.05) is 91.0 Å². The first-order valence-electron chi connectivity index (χ1n) is 14.7. The van der Waals surface area contributed by atoms with E-state index in [-0.39, 0.29) is 0 Å². The second-order valence-electron chi connectivity index (χ2n) is 11.1. The minimum Gasteiger partial charge on any atom is -0.254 e. The molecule has 4 aromatic heterocycles. The van der Waals surface area contributed by atoms with Crippen molar-refractivity contribution in [3.05, 3.63) is 146 Å². The van der Waals surface area contributed by atoms with Gasteiger partial charge in [0.25, 0.3) is 0 Å². The summed E-state index contributed by atoms with van der Waals surface area (Å²) in [6.07, 6.45) is 1.82. The van der Waals surface area contributed by atoms with E-state index in [0.29, 0.717) is 0 Å². The van der Waals surface area contributed by atoms with Gasteiger partial charge in [-0.3, -0.25) is 4.98 Å². The predicted molar refractivity (Wildman–Crippen MR) is 181 cm³/mol. The fourth-order valence-corrected chi connectivity index (χ4v) is 6.22. The quantitative estimate of drug-likeness (QED) is 0.202. The SMILES string of the molecule is c1ccc2c(-c3ccc4cc(-c5ccc6nc(-c7ccc8ccc9cccnc9c8n7)ccc6c5)ccc4n3)cccc2c1. The average Bonchev–Trinajstić information content (AvgIpc) is 3.10. The molecule has 0 atom stereocenters. The van der Waals surface area contributed by atoms with Crippen molar-refractivity contribution in [3.63, 3.8) is 0 Å². The van der Waals surface area contributed by atoms with E-state index in [4.69, 9.17) is 15.0 Å². The van der Waals surface area contributed by atoms with Crippen LogP contribution in [-0.4, -0.2) is 19.9 Å². The molecule has 0 amide bonds. The van der Waals surface area contributed by atoms with Crippen LogP contribution in [0.3, 0.4) is 0 Å². The van der Waals surface area contributed by atoms with Crippen molar-refractivity contribution in [2.24, 2.45) is 0 Å². The van der Waals surface area contributed by atoms with Crippen LogP contribution in [0.1, 0.15) is 0 Å². The van der Waals surface area contributed by atoms with Crippen LogP contribution in [-0.2, 0) is 0 Å². The zero-order valence-corrected chi connectivity index (χ0v) is 23.6. The Bertz CT molecular complexity index is 2560. The molecule has 9 aromatic rings. The lowest BCUT2D eigenvalue weighted by atomic mass is 9.99. The number of aromatic nitrogens is 4. The Hall–Kier alpha value is -6.00. The lowest BCUT2D eigenvalue weighted by Crippen LogP contribution is -1.91. The molecule has 0 unspecified atom stereocenters. The van der Waals surface area contributed by atoms with E-state index in [2.05, 4.69) is 132 Å². The van der Waals surface area contributed by atoms with Gasteiger partial charge in [0.05, 0.1) is 39.1 Å². The van der Waals surface area contributed by atoms with Gasteiger partial charge in [-0.15, -0.1) is 0 Å². The molecule has 0 aliphatic heterocycles. The molecule has 0 bridgehead atoms. The molecule has 9 rings (SSSR count). The normalized spacial score (nSPS) is 11.6. The van der Waals surface area contributed by atoms with Crippen LogP contribution in [0.2, 0.25) is 0 Å². The minimum atomic E-state index is 0.839. The number of hydrogen-bond donors (Lipinski definition) is 0. The molecule has 4 heteroatoms. The van der Waals surface area contributed by atoms with Gasteiger partial charge >= 0.3 is 0 Å². The summed E-state index contributed by atoms with van der Waals surface area (Å²) in [7, 11) is 0. The highest BCUT2D eigenvalue weighted by Gasteiger charge is 2.10. The molecule has 5 aromatic carbocycles. The lowest BCUT2D eigenvalue weighted by Gasteiger charge is -2.10. The number of fused-ring (bicyclic) bond motifs is 6. The lowest BCUT2D eigenvalue weighted by molar-refractivity contribution is 1.31. The van der Waals surface area contributed by atoms with Gasteiger partial charge in [0.15, 0.2) is 0 Å². The molecule has 4 heterocycles. The van der Waals surface area contributed by atoms with E-state index in [0.717, 1.165) is 77.4 Å². The largest absolute Gasteiger partial charge is 0.254 e. The average molecular weight is 561 g/mol. The number of rotatable bonds is 3. The highest BCUT2D eigenvalue weighted by atomic mass is 14.8. The van der Waals surface area contributed by atoms with Gasteiger partial charge < -0.3 is 0 Å². The molecule has 0 aliphatic carbocycles. The molecule has 0 radical (unpaired) electrons. The Morgan fingerprint density at radius 2 is 0.955 bits per heavy atom. The van der Waals surface area contributed by atoms with Crippen molar-refractivity contribution in [3.8, 4) is 33.8 Å². The van der Waals surface area contributed by atoms with E-state index in [1.165, 1.54) is 10.8 Å². The molecule has 0 saturated carbocycles. The molecule has 44 heavy (non-hydrogen) atoms. The molecular formula is C40H24N4. The maximum atomic E-state index is 5.03. The molecule has 204 valence electrons. The standard InChI is InChI=1S/C40H24N4/c1-2-8-32-25(5-1)6-3-9-33(32)36-19-15-30-23-28(13-17-34(30)42-36)29-14-18-35-31(24-29)16-21-37(43-35)38-20-12-27-11-10-26-7-4-22-41-39(26)40(27)44-38/h1-24H. The first kappa shape index (κ1) is 24.6. The Morgan fingerprint density at radius 3 is 1.75 bits per heavy atom. The van der Waals surface area contributed by atoms with Gasteiger partial charge in [-0.25, -0.2) is 15.0 Å². The van der Waals surface area contributed by atoms with Crippen molar-refractivity contribution < 1.29 is 0 Å². The fourth-order valence-electron chi connectivity index (χ4n) is 6.22. The van der Waals surface area contributed by atoms with Crippen LogP contribution in [0.25, 0.3) is 88.2 Å². The summed E-state index contributed by atoms with van der Waals surface area (Å²) in [4.78, 5) is 19.6. The number of benzene rings is 5. The van der Waals surface area contributed by atoms with Crippen LogP contribution in [0.4, 0.5) is 0 Å². The van der Waals surface area contributed by atoms with Crippen molar-refractivity contribution in [2.75, 3.05) is 0 Å². The molecular weight excluding hydrogens is 536 g/mol. The monoisotopic (exact) mass is 560 g/mol. The maximum absolute atomic E-state index is 5.03. The summed E-state index contributed by atoms with van der Waals surface area (Å²) in [6, 6.07) is 48.6. The number of pyridine rings is 4.